The second kappa shape index (κ2) is 7.63. The Kier molecular flexibility index (Phi) is 5.20. The molecule has 0 N–H and O–H groups in total. The van der Waals surface area contributed by atoms with E-state index in [1.165, 1.54) is 55.5 Å². The van der Waals surface area contributed by atoms with Crippen LogP contribution in [0.2, 0.25) is 0 Å². The van der Waals surface area contributed by atoms with E-state index in [4.69, 9.17) is 0 Å². The van der Waals surface area contributed by atoms with Gasteiger partial charge in [0.2, 0.25) is 0 Å². The van der Waals surface area contributed by atoms with Crippen LogP contribution in [-0.2, 0) is 22.7 Å². The summed E-state index contributed by atoms with van der Waals surface area (Å²) in [6.45, 7) is 1.17. The van der Waals surface area contributed by atoms with Crippen molar-refractivity contribution in [3.05, 3.63) is 89.2 Å². The van der Waals surface area contributed by atoms with Crippen LogP contribution >= 0.6 is 0 Å². The Balaban J connectivity index is 1.84. The van der Waals surface area contributed by atoms with Gasteiger partial charge >= 0.3 is 12.2 Å². The summed E-state index contributed by atoms with van der Waals surface area (Å²) in [7, 11) is -4.38. The van der Waals surface area contributed by atoms with E-state index in [1.54, 1.807) is 0 Å². The summed E-state index contributed by atoms with van der Waals surface area (Å²) in [5.74, 6) is -0.700. The molecule has 3 aromatic rings. The van der Waals surface area contributed by atoms with Gasteiger partial charge in [-0.3, -0.25) is 4.90 Å². The molecule has 0 radical (unpaired) electrons. The zero-order valence-corrected chi connectivity index (χ0v) is 17.4. The number of benzene rings is 3. The van der Waals surface area contributed by atoms with Gasteiger partial charge in [-0.05, 0) is 54.4 Å². The number of aryl methyl sites for hydroxylation is 1. The topological polar surface area (TPSA) is 57.7 Å². The quantitative estimate of drug-likeness (QED) is 0.482. The Labute approximate surface area is 181 Å². The molecular weight excluding hydrogens is 448 g/mol. The highest BCUT2D eigenvalue weighted by Crippen LogP contribution is 2.38. The third-order valence-electron chi connectivity index (χ3n) is 5.06. The van der Waals surface area contributed by atoms with Gasteiger partial charge in [0, 0.05) is 0 Å². The van der Waals surface area contributed by atoms with Crippen LogP contribution in [0.15, 0.2) is 71.6 Å². The van der Waals surface area contributed by atoms with E-state index >= 15 is 0 Å². The maximum absolute atomic E-state index is 14.2. The van der Waals surface area contributed by atoms with E-state index in [9.17, 15) is 30.8 Å². The van der Waals surface area contributed by atoms with E-state index in [-0.39, 0.29) is 33.9 Å². The molecule has 0 unspecified atom stereocenters. The summed E-state index contributed by atoms with van der Waals surface area (Å²) in [4.78, 5) is 14.2. The Hall–Kier alpha value is -3.40. The number of amides is 2. The van der Waals surface area contributed by atoms with Gasteiger partial charge in [-0.2, -0.15) is 17.5 Å². The molecule has 0 fully saturated rings. The predicted octanol–water partition coefficient (Wildman–Crippen LogP) is 5.49. The molecule has 1 heterocycles. The Morgan fingerprint density at radius 3 is 2.34 bits per heavy atom. The maximum Gasteiger partial charge on any atom is 0.416 e. The van der Waals surface area contributed by atoms with Gasteiger partial charge in [0.1, 0.15) is 10.7 Å². The SMILES string of the molecule is Cc1ccc(N2C(=O)N(Cc3cccc(C(F)(F)F)c3)c3ccccc3S2(=O)=O)cc1F. The first-order valence-corrected chi connectivity index (χ1v) is 10.8. The van der Waals surface area contributed by atoms with Crippen LogP contribution < -0.4 is 9.21 Å². The number of nitrogens with zero attached hydrogens (tertiary/aromatic N) is 2. The van der Waals surface area contributed by atoms with Crippen LogP contribution in [0.25, 0.3) is 0 Å². The number of alkyl halides is 3. The third kappa shape index (κ3) is 3.70. The van der Waals surface area contributed by atoms with Crippen molar-refractivity contribution in [2.45, 2.75) is 24.5 Å². The number of anilines is 2. The molecule has 0 aromatic heterocycles. The molecule has 166 valence electrons. The largest absolute Gasteiger partial charge is 0.416 e. The van der Waals surface area contributed by atoms with E-state index in [0.717, 1.165) is 23.1 Å². The number of fused-ring (bicyclic) bond motifs is 1. The van der Waals surface area contributed by atoms with E-state index in [1.807, 2.05) is 0 Å². The van der Waals surface area contributed by atoms with Gasteiger partial charge in [-0.15, -0.1) is 0 Å². The number of hydrogen-bond acceptors (Lipinski definition) is 3. The number of urea groups is 1. The molecule has 0 spiro atoms. The molecular formula is C22H16F4N2O3S. The highest BCUT2D eigenvalue weighted by Gasteiger charge is 2.42. The van der Waals surface area contributed by atoms with Gasteiger partial charge < -0.3 is 0 Å². The number of sulfonamides is 1. The molecule has 3 aromatic carbocycles. The minimum Gasteiger partial charge on any atom is -0.287 e. The fraction of sp³-hybridized carbons (Fsp3) is 0.136. The Morgan fingerprint density at radius 2 is 1.66 bits per heavy atom. The number of halogens is 4. The van der Waals surface area contributed by atoms with Gasteiger partial charge in [0.15, 0.2) is 0 Å². The van der Waals surface area contributed by atoms with E-state index in [0.29, 0.717) is 4.31 Å². The van der Waals surface area contributed by atoms with Gasteiger partial charge in [-0.1, -0.05) is 30.3 Å². The first-order valence-electron chi connectivity index (χ1n) is 9.38. The van der Waals surface area contributed by atoms with Crippen molar-refractivity contribution in [3.63, 3.8) is 0 Å². The Bertz CT molecular complexity index is 1320. The lowest BCUT2D eigenvalue weighted by molar-refractivity contribution is -0.137. The van der Waals surface area contributed by atoms with E-state index in [2.05, 4.69) is 0 Å². The van der Waals surface area contributed by atoms with Crippen LogP contribution in [0.4, 0.5) is 33.7 Å². The summed E-state index contributed by atoms with van der Waals surface area (Å²) in [6.07, 6.45) is -4.57. The average molecular weight is 464 g/mol. The van der Waals surface area contributed by atoms with Crippen LogP contribution in [0, 0.1) is 12.7 Å². The maximum atomic E-state index is 14.2. The first kappa shape index (κ1) is 21.8. The molecule has 10 heteroatoms. The molecule has 5 nitrogen and oxygen atoms in total. The van der Waals surface area contributed by atoms with Crippen LogP contribution in [0.1, 0.15) is 16.7 Å². The van der Waals surface area contributed by atoms with Crippen molar-refractivity contribution >= 4 is 27.4 Å². The molecule has 1 aliphatic rings. The lowest BCUT2D eigenvalue weighted by Gasteiger charge is -2.36. The number of carbonyl (C=O) groups excluding carboxylic acids is 1. The van der Waals surface area contributed by atoms with Crippen molar-refractivity contribution in [1.29, 1.82) is 0 Å². The average Bonchev–Trinajstić information content (AvgIpc) is 2.73. The van der Waals surface area contributed by atoms with Crippen molar-refractivity contribution in [1.82, 2.24) is 0 Å². The highest BCUT2D eigenvalue weighted by atomic mass is 32.2. The van der Waals surface area contributed by atoms with Crippen molar-refractivity contribution < 1.29 is 30.8 Å². The number of para-hydroxylation sites is 1. The van der Waals surface area contributed by atoms with Crippen LogP contribution in [0.5, 0.6) is 0 Å². The van der Waals surface area contributed by atoms with E-state index < -0.39 is 33.6 Å². The monoisotopic (exact) mass is 464 g/mol. The molecule has 32 heavy (non-hydrogen) atoms. The predicted molar refractivity (Wildman–Crippen MR) is 110 cm³/mol. The lowest BCUT2D eigenvalue weighted by atomic mass is 10.1. The number of rotatable bonds is 3. The molecule has 0 saturated carbocycles. The summed E-state index contributed by atoms with van der Waals surface area (Å²) < 4.78 is 80.4. The minimum absolute atomic E-state index is 0.0266. The molecule has 0 saturated heterocycles. The normalized spacial score (nSPS) is 15.6. The Morgan fingerprint density at radius 1 is 0.938 bits per heavy atom. The fourth-order valence-corrected chi connectivity index (χ4v) is 5.04. The third-order valence-corrected chi connectivity index (χ3v) is 6.81. The van der Waals surface area contributed by atoms with Crippen LogP contribution in [-0.4, -0.2) is 14.4 Å². The summed E-state index contributed by atoms with van der Waals surface area (Å²) in [6, 6.07) is 12.6. The number of hydrogen-bond donors (Lipinski definition) is 0. The minimum atomic E-state index is -4.57. The summed E-state index contributed by atoms with van der Waals surface area (Å²) in [5.41, 5.74) is -0.660. The second-order valence-corrected chi connectivity index (χ2v) is 8.99. The lowest BCUT2D eigenvalue weighted by Crippen LogP contribution is -2.50. The zero-order valence-electron chi connectivity index (χ0n) is 16.6. The molecule has 2 amide bonds. The molecule has 4 rings (SSSR count). The van der Waals surface area contributed by atoms with Gasteiger partial charge in [-0.25, -0.2) is 17.6 Å². The van der Waals surface area contributed by atoms with Crippen molar-refractivity contribution in [2.75, 3.05) is 9.21 Å². The van der Waals surface area contributed by atoms with Crippen molar-refractivity contribution in [2.24, 2.45) is 0 Å². The second-order valence-electron chi connectivity index (χ2n) is 7.24. The zero-order chi connectivity index (χ0) is 23.3. The first-order chi connectivity index (χ1) is 15.0. The molecule has 0 aliphatic carbocycles. The highest BCUT2D eigenvalue weighted by molar-refractivity contribution is 7.94. The summed E-state index contributed by atoms with van der Waals surface area (Å²) in [5, 5.41) is 0. The number of carbonyl (C=O) groups is 1. The van der Waals surface area contributed by atoms with Gasteiger partial charge in [0.25, 0.3) is 10.0 Å². The van der Waals surface area contributed by atoms with Gasteiger partial charge in [0.05, 0.1) is 23.5 Å². The standard InChI is InChI=1S/C22H16F4N2O3S/c1-14-9-10-17(12-18(14)23)28-21(29)27(19-7-2-3-8-20(19)32(28,30)31)13-15-5-4-6-16(11-15)22(24,25)26/h2-12H,13H2,1H3. The molecule has 0 atom stereocenters. The van der Waals surface area contributed by atoms with Crippen molar-refractivity contribution in [3.8, 4) is 0 Å². The van der Waals surface area contributed by atoms with Crippen LogP contribution in [0.3, 0.4) is 0 Å². The molecule has 1 aliphatic heterocycles. The molecule has 0 bridgehead atoms. The smallest absolute Gasteiger partial charge is 0.287 e. The summed E-state index contributed by atoms with van der Waals surface area (Å²) >= 11 is 0. The fourth-order valence-electron chi connectivity index (χ4n) is 3.45.